The second kappa shape index (κ2) is 10.1. The summed E-state index contributed by atoms with van der Waals surface area (Å²) in [6.07, 6.45) is 4.34. The molecule has 1 unspecified atom stereocenters. The minimum absolute atomic E-state index is 0.0227. The van der Waals surface area contributed by atoms with E-state index in [0.29, 0.717) is 33.6 Å². The number of carbonyl (C=O) groups is 1. The second-order valence-electron chi connectivity index (χ2n) is 8.03. The maximum atomic E-state index is 13.0. The van der Waals surface area contributed by atoms with E-state index in [9.17, 15) is 13.2 Å². The van der Waals surface area contributed by atoms with Crippen molar-refractivity contribution in [1.29, 1.82) is 0 Å². The van der Waals surface area contributed by atoms with Gasteiger partial charge in [-0.15, -0.1) is 0 Å². The van der Waals surface area contributed by atoms with E-state index in [1.807, 2.05) is 13.0 Å². The van der Waals surface area contributed by atoms with E-state index in [1.165, 1.54) is 35.6 Å². The molecule has 10 heteroatoms. The zero-order valence-electron chi connectivity index (χ0n) is 19.3. The van der Waals surface area contributed by atoms with Crippen LogP contribution in [0, 0.1) is 0 Å². The normalized spacial score (nSPS) is 16.7. The number of hydrogen-bond acceptors (Lipinski definition) is 7. The van der Waals surface area contributed by atoms with Gasteiger partial charge in [-0.1, -0.05) is 17.8 Å². The minimum Gasteiger partial charge on any atom is -0.497 e. The lowest BCUT2D eigenvalue weighted by molar-refractivity contribution is 0.102. The SMILES string of the molecule is COc1ccc(OC)c(-c2ncc(NC(=O)c3ccc(S(=O)(=O)N4CCCCC4C)cc3)s2)c1. The molecule has 1 aromatic heterocycles. The van der Waals surface area contributed by atoms with Crippen molar-refractivity contribution >= 4 is 32.3 Å². The van der Waals surface area contributed by atoms with Gasteiger partial charge in [0.05, 0.1) is 30.9 Å². The number of carbonyl (C=O) groups excluding carboxylic acids is 1. The zero-order chi connectivity index (χ0) is 24.3. The molecule has 34 heavy (non-hydrogen) atoms. The summed E-state index contributed by atoms with van der Waals surface area (Å²) in [5.41, 5.74) is 1.12. The first kappa shape index (κ1) is 24.2. The van der Waals surface area contributed by atoms with Crippen LogP contribution in [0.15, 0.2) is 53.6 Å². The number of thiazole rings is 1. The number of benzene rings is 2. The fraction of sp³-hybridized carbons (Fsp3) is 0.333. The van der Waals surface area contributed by atoms with Gasteiger partial charge in [0.2, 0.25) is 10.0 Å². The van der Waals surface area contributed by atoms with Crippen molar-refractivity contribution in [1.82, 2.24) is 9.29 Å². The van der Waals surface area contributed by atoms with Crippen molar-refractivity contribution < 1.29 is 22.7 Å². The Kier molecular flexibility index (Phi) is 7.20. The smallest absolute Gasteiger partial charge is 0.256 e. The van der Waals surface area contributed by atoms with Gasteiger partial charge in [-0.3, -0.25) is 4.79 Å². The predicted molar refractivity (Wildman–Crippen MR) is 132 cm³/mol. The average molecular weight is 502 g/mol. The van der Waals surface area contributed by atoms with Crippen molar-refractivity contribution in [3.63, 3.8) is 0 Å². The van der Waals surface area contributed by atoms with Crippen molar-refractivity contribution in [2.24, 2.45) is 0 Å². The van der Waals surface area contributed by atoms with Crippen LogP contribution in [0.5, 0.6) is 11.5 Å². The number of aromatic nitrogens is 1. The Morgan fingerprint density at radius 3 is 2.56 bits per heavy atom. The number of rotatable bonds is 7. The summed E-state index contributed by atoms with van der Waals surface area (Å²) >= 11 is 1.30. The van der Waals surface area contributed by atoms with E-state index < -0.39 is 10.0 Å². The van der Waals surface area contributed by atoms with Gasteiger partial charge in [0.15, 0.2) is 0 Å². The number of nitrogens with zero attached hydrogens (tertiary/aromatic N) is 2. The summed E-state index contributed by atoms with van der Waals surface area (Å²) in [6, 6.07) is 11.4. The molecule has 2 aromatic carbocycles. The van der Waals surface area contributed by atoms with Crippen LogP contribution in [0.4, 0.5) is 5.00 Å². The number of sulfonamides is 1. The second-order valence-corrected chi connectivity index (χ2v) is 11.0. The van der Waals surface area contributed by atoms with Gasteiger partial charge in [-0.05, 0) is 62.2 Å². The molecule has 1 saturated heterocycles. The number of amides is 1. The van der Waals surface area contributed by atoms with Gasteiger partial charge in [0.25, 0.3) is 5.91 Å². The van der Waals surface area contributed by atoms with Gasteiger partial charge in [0.1, 0.15) is 21.5 Å². The van der Waals surface area contributed by atoms with Gasteiger partial charge >= 0.3 is 0 Å². The standard InChI is InChI=1S/C24H27N3O5S2/c1-16-6-4-5-13-27(16)34(29,30)19-10-7-17(8-11-19)23(28)26-22-15-25-24(33-22)20-14-18(31-2)9-12-21(20)32-3/h7-12,14-16H,4-6,13H2,1-3H3,(H,26,28). The largest absolute Gasteiger partial charge is 0.497 e. The number of ether oxygens (including phenoxy) is 2. The Labute approximate surface area is 203 Å². The van der Waals surface area contributed by atoms with Gasteiger partial charge in [-0.25, -0.2) is 13.4 Å². The van der Waals surface area contributed by atoms with E-state index >= 15 is 0 Å². The topological polar surface area (TPSA) is 97.8 Å². The Balaban J connectivity index is 1.49. The minimum atomic E-state index is -3.58. The van der Waals surface area contributed by atoms with Crippen LogP contribution in [0.3, 0.4) is 0 Å². The molecule has 1 atom stereocenters. The Hall–Kier alpha value is -2.95. The highest BCUT2D eigenvalue weighted by molar-refractivity contribution is 7.89. The molecule has 3 aromatic rings. The summed E-state index contributed by atoms with van der Waals surface area (Å²) in [4.78, 5) is 17.4. The fourth-order valence-electron chi connectivity index (χ4n) is 3.96. The first-order valence-electron chi connectivity index (χ1n) is 10.9. The molecule has 0 bridgehead atoms. The monoisotopic (exact) mass is 501 g/mol. The molecule has 0 aliphatic carbocycles. The van der Waals surface area contributed by atoms with Crippen LogP contribution < -0.4 is 14.8 Å². The van der Waals surface area contributed by atoms with E-state index in [2.05, 4.69) is 10.3 Å². The third-order valence-electron chi connectivity index (χ3n) is 5.84. The molecule has 1 aliphatic rings. The molecule has 8 nitrogen and oxygen atoms in total. The molecule has 0 radical (unpaired) electrons. The molecular weight excluding hydrogens is 474 g/mol. The lowest BCUT2D eigenvalue weighted by Crippen LogP contribution is -2.41. The van der Waals surface area contributed by atoms with Gasteiger partial charge in [-0.2, -0.15) is 4.31 Å². The van der Waals surface area contributed by atoms with Gasteiger partial charge < -0.3 is 14.8 Å². The molecule has 1 aliphatic heterocycles. The van der Waals surface area contributed by atoms with Crippen molar-refractivity contribution in [2.45, 2.75) is 37.1 Å². The lowest BCUT2D eigenvalue weighted by atomic mass is 10.1. The molecule has 1 amide bonds. The van der Waals surface area contributed by atoms with Crippen molar-refractivity contribution in [3.8, 4) is 22.1 Å². The van der Waals surface area contributed by atoms with E-state index in [0.717, 1.165) is 24.8 Å². The molecule has 2 heterocycles. The maximum absolute atomic E-state index is 13.0. The van der Waals surface area contributed by atoms with E-state index in [4.69, 9.17) is 9.47 Å². The predicted octanol–water partition coefficient (Wildman–Crippen LogP) is 4.64. The van der Waals surface area contributed by atoms with E-state index in [1.54, 1.807) is 36.9 Å². The Bertz CT molecular complexity index is 1270. The number of nitrogens with one attached hydrogen (secondary N) is 1. The molecule has 0 saturated carbocycles. The molecular formula is C24H27N3O5S2. The molecule has 1 N–H and O–H groups in total. The molecule has 1 fully saturated rings. The average Bonchev–Trinajstić information content (AvgIpc) is 3.32. The number of piperidine rings is 1. The van der Waals surface area contributed by atoms with Crippen LogP contribution >= 0.6 is 11.3 Å². The van der Waals surface area contributed by atoms with Crippen LogP contribution in [0.2, 0.25) is 0 Å². The summed E-state index contributed by atoms with van der Waals surface area (Å²) in [6.45, 7) is 2.46. The highest BCUT2D eigenvalue weighted by atomic mass is 32.2. The van der Waals surface area contributed by atoms with Crippen LogP contribution in [0.25, 0.3) is 10.6 Å². The lowest BCUT2D eigenvalue weighted by Gasteiger charge is -2.32. The maximum Gasteiger partial charge on any atom is 0.256 e. The zero-order valence-corrected chi connectivity index (χ0v) is 20.9. The van der Waals surface area contributed by atoms with Gasteiger partial charge in [0, 0.05) is 18.2 Å². The first-order valence-corrected chi connectivity index (χ1v) is 13.2. The quantitative estimate of drug-likeness (QED) is 0.506. The molecule has 0 spiro atoms. The first-order chi connectivity index (χ1) is 16.3. The van der Waals surface area contributed by atoms with Crippen LogP contribution in [0.1, 0.15) is 36.5 Å². The summed E-state index contributed by atoms with van der Waals surface area (Å²) in [5, 5.41) is 4.06. The van der Waals surface area contributed by atoms with Crippen LogP contribution in [-0.2, 0) is 10.0 Å². The highest BCUT2D eigenvalue weighted by Gasteiger charge is 2.31. The van der Waals surface area contributed by atoms with Crippen molar-refractivity contribution in [2.75, 3.05) is 26.1 Å². The molecule has 180 valence electrons. The third kappa shape index (κ3) is 4.94. The summed E-state index contributed by atoms with van der Waals surface area (Å²) in [7, 11) is -0.414. The van der Waals surface area contributed by atoms with Crippen molar-refractivity contribution in [3.05, 3.63) is 54.2 Å². The summed E-state index contributed by atoms with van der Waals surface area (Å²) in [5.74, 6) is 0.974. The number of hydrogen-bond donors (Lipinski definition) is 1. The Morgan fingerprint density at radius 1 is 1.12 bits per heavy atom. The fourth-order valence-corrected chi connectivity index (χ4v) is 6.50. The third-order valence-corrected chi connectivity index (χ3v) is 8.82. The van der Waals surface area contributed by atoms with Crippen LogP contribution in [-0.4, -0.2) is 50.4 Å². The number of methoxy groups -OCH3 is 2. The Morgan fingerprint density at radius 2 is 1.88 bits per heavy atom. The summed E-state index contributed by atoms with van der Waals surface area (Å²) < 4.78 is 38.3. The number of anilines is 1. The highest BCUT2D eigenvalue weighted by Crippen LogP contribution is 2.37. The molecule has 4 rings (SSSR count). The van der Waals surface area contributed by atoms with E-state index in [-0.39, 0.29) is 16.8 Å².